The summed E-state index contributed by atoms with van der Waals surface area (Å²) in [5.41, 5.74) is 0. The maximum absolute atomic E-state index is 10.0. The molecule has 3 atom stereocenters. The standard InChI is InChI=1S/C17H26ClNO2/c1-13-5-4-6-14(10-9-13)19-11-15(20)12-21-17-8-3-2-7-16(17)18/h2-3,7-8,13-15,19-20H,4-6,9-12H2,1H3. The molecule has 0 aromatic heterocycles. The second kappa shape index (κ2) is 8.62. The minimum atomic E-state index is -0.512. The van der Waals surface area contributed by atoms with Crippen LogP contribution in [0.15, 0.2) is 24.3 Å². The van der Waals surface area contributed by atoms with Gasteiger partial charge in [0.15, 0.2) is 0 Å². The highest BCUT2D eigenvalue weighted by atomic mass is 35.5. The second-order valence-electron chi connectivity index (χ2n) is 6.11. The van der Waals surface area contributed by atoms with Crippen LogP contribution in [0.1, 0.15) is 39.0 Å². The van der Waals surface area contributed by atoms with E-state index in [2.05, 4.69) is 12.2 Å². The first kappa shape index (κ1) is 16.6. The Kier molecular flexibility index (Phi) is 6.81. The van der Waals surface area contributed by atoms with Crippen molar-refractivity contribution in [1.82, 2.24) is 5.32 Å². The smallest absolute Gasteiger partial charge is 0.138 e. The van der Waals surface area contributed by atoms with Crippen LogP contribution in [0.3, 0.4) is 0 Å². The lowest BCUT2D eigenvalue weighted by Gasteiger charge is -2.19. The van der Waals surface area contributed by atoms with Crippen LogP contribution in [0.2, 0.25) is 5.02 Å². The summed E-state index contributed by atoms with van der Waals surface area (Å²) >= 11 is 6.02. The van der Waals surface area contributed by atoms with E-state index >= 15 is 0 Å². The lowest BCUT2D eigenvalue weighted by Crippen LogP contribution is -2.37. The highest BCUT2D eigenvalue weighted by Gasteiger charge is 2.17. The van der Waals surface area contributed by atoms with Crippen LogP contribution >= 0.6 is 11.6 Å². The number of hydrogen-bond acceptors (Lipinski definition) is 3. The van der Waals surface area contributed by atoms with Crippen molar-refractivity contribution in [2.75, 3.05) is 13.2 Å². The van der Waals surface area contributed by atoms with E-state index in [9.17, 15) is 5.11 Å². The van der Waals surface area contributed by atoms with Crippen molar-refractivity contribution in [1.29, 1.82) is 0 Å². The maximum atomic E-state index is 10.0. The molecule has 4 heteroatoms. The Morgan fingerprint density at radius 1 is 1.29 bits per heavy atom. The molecule has 1 fully saturated rings. The first-order valence-electron chi connectivity index (χ1n) is 7.94. The van der Waals surface area contributed by atoms with Gasteiger partial charge in [0.1, 0.15) is 18.5 Å². The van der Waals surface area contributed by atoms with Crippen LogP contribution in [0.4, 0.5) is 0 Å². The fourth-order valence-corrected chi connectivity index (χ4v) is 2.99. The van der Waals surface area contributed by atoms with Gasteiger partial charge in [-0.05, 0) is 37.3 Å². The van der Waals surface area contributed by atoms with Crippen LogP contribution in [0, 0.1) is 5.92 Å². The maximum Gasteiger partial charge on any atom is 0.138 e. The van der Waals surface area contributed by atoms with Gasteiger partial charge in [0.05, 0.1) is 5.02 Å². The number of rotatable bonds is 6. The van der Waals surface area contributed by atoms with Gasteiger partial charge in [0.2, 0.25) is 0 Å². The molecule has 1 aliphatic rings. The lowest BCUT2D eigenvalue weighted by molar-refractivity contribution is 0.103. The van der Waals surface area contributed by atoms with Crippen LogP contribution in [0.25, 0.3) is 0 Å². The van der Waals surface area contributed by atoms with Crippen LogP contribution in [-0.2, 0) is 0 Å². The summed E-state index contributed by atoms with van der Waals surface area (Å²) in [4.78, 5) is 0. The summed E-state index contributed by atoms with van der Waals surface area (Å²) < 4.78 is 5.56. The van der Waals surface area contributed by atoms with E-state index in [4.69, 9.17) is 16.3 Å². The molecule has 2 rings (SSSR count). The van der Waals surface area contributed by atoms with Crippen molar-refractivity contribution in [3.05, 3.63) is 29.3 Å². The molecule has 0 spiro atoms. The fraction of sp³-hybridized carbons (Fsp3) is 0.647. The van der Waals surface area contributed by atoms with E-state index in [0.717, 1.165) is 5.92 Å². The van der Waals surface area contributed by atoms with Gasteiger partial charge in [-0.2, -0.15) is 0 Å². The van der Waals surface area contributed by atoms with Gasteiger partial charge in [-0.25, -0.2) is 0 Å². The molecule has 3 nitrogen and oxygen atoms in total. The molecule has 0 aliphatic heterocycles. The Labute approximate surface area is 132 Å². The Hall–Kier alpha value is -0.770. The molecule has 118 valence electrons. The molecule has 0 saturated heterocycles. The van der Waals surface area contributed by atoms with E-state index in [0.29, 0.717) is 23.4 Å². The van der Waals surface area contributed by atoms with E-state index in [1.807, 2.05) is 18.2 Å². The molecule has 0 heterocycles. The molecule has 21 heavy (non-hydrogen) atoms. The number of ether oxygens (including phenoxy) is 1. The Bertz CT molecular complexity index is 427. The van der Waals surface area contributed by atoms with Crippen molar-refractivity contribution in [3.63, 3.8) is 0 Å². The molecule has 1 saturated carbocycles. The van der Waals surface area contributed by atoms with Crippen molar-refractivity contribution in [3.8, 4) is 5.75 Å². The summed E-state index contributed by atoms with van der Waals surface area (Å²) in [5, 5.41) is 14.1. The number of hydrogen-bond donors (Lipinski definition) is 2. The first-order valence-corrected chi connectivity index (χ1v) is 8.31. The third kappa shape index (κ3) is 5.85. The third-order valence-corrected chi connectivity index (χ3v) is 4.48. The van der Waals surface area contributed by atoms with E-state index in [1.54, 1.807) is 6.07 Å². The van der Waals surface area contributed by atoms with E-state index in [-0.39, 0.29) is 6.61 Å². The van der Waals surface area contributed by atoms with Gasteiger partial charge in [-0.15, -0.1) is 0 Å². The number of aliphatic hydroxyl groups is 1. The average molecular weight is 312 g/mol. The number of para-hydroxylation sites is 1. The highest BCUT2D eigenvalue weighted by Crippen LogP contribution is 2.24. The number of aliphatic hydroxyl groups excluding tert-OH is 1. The molecule has 1 aromatic carbocycles. The zero-order chi connectivity index (χ0) is 15.1. The lowest BCUT2D eigenvalue weighted by atomic mass is 10.0. The number of halogens is 1. The van der Waals surface area contributed by atoms with Crippen molar-refractivity contribution in [2.24, 2.45) is 5.92 Å². The van der Waals surface area contributed by atoms with Gasteiger partial charge in [0.25, 0.3) is 0 Å². The molecule has 0 bridgehead atoms. The van der Waals surface area contributed by atoms with Crippen LogP contribution < -0.4 is 10.1 Å². The SMILES string of the molecule is CC1CCCC(NCC(O)COc2ccccc2Cl)CC1. The van der Waals surface area contributed by atoms with Crippen molar-refractivity contribution in [2.45, 2.75) is 51.2 Å². The Morgan fingerprint density at radius 3 is 2.90 bits per heavy atom. The van der Waals surface area contributed by atoms with E-state index in [1.165, 1.54) is 32.1 Å². The summed E-state index contributed by atoms with van der Waals surface area (Å²) in [7, 11) is 0. The van der Waals surface area contributed by atoms with Gasteiger partial charge in [-0.1, -0.05) is 43.5 Å². The molecule has 3 unspecified atom stereocenters. The topological polar surface area (TPSA) is 41.5 Å². The predicted molar refractivity (Wildman–Crippen MR) is 87.0 cm³/mol. The molecule has 0 amide bonds. The third-order valence-electron chi connectivity index (χ3n) is 4.17. The summed E-state index contributed by atoms with van der Waals surface area (Å²) in [5.74, 6) is 1.46. The average Bonchev–Trinajstić information content (AvgIpc) is 2.69. The number of nitrogens with one attached hydrogen (secondary N) is 1. The summed E-state index contributed by atoms with van der Waals surface area (Å²) in [6.45, 7) is 3.16. The second-order valence-corrected chi connectivity index (χ2v) is 6.52. The fourth-order valence-electron chi connectivity index (χ4n) is 2.80. The molecule has 1 aliphatic carbocycles. The normalized spacial score (nSPS) is 24.3. The molecular weight excluding hydrogens is 286 g/mol. The highest BCUT2D eigenvalue weighted by molar-refractivity contribution is 6.32. The largest absolute Gasteiger partial charge is 0.489 e. The Balaban J connectivity index is 1.67. The predicted octanol–water partition coefficient (Wildman–Crippen LogP) is 3.64. The minimum absolute atomic E-state index is 0.264. The zero-order valence-corrected chi connectivity index (χ0v) is 13.5. The van der Waals surface area contributed by atoms with Gasteiger partial charge >= 0.3 is 0 Å². The van der Waals surface area contributed by atoms with Crippen molar-refractivity contribution < 1.29 is 9.84 Å². The van der Waals surface area contributed by atoms with E-state index < -0.39 is 6.10 Å². The molecule has 0 radical (unpaired) electrons. The summed E-state index contributed by atoms with van der Waals surface area (Å²) in [6, 6.07) is 7.87. The van der Waals surface area contributed by atoms with Crippen LogP contribution in [0.5, 0.6) is 5.75 Å². The zero-order valence-electron chi connectivity index (χ0n) is 12.7. The number of benzene rings is 1. The first-order chi connectivity index (χ1) is 10.1. The van der Waals surface area contributed by atoms with Gasteiger partial charge in [-0.3, -0.25) is 0 Å². The molecule has 1 aromatic rings. The van der Waals surface area contributed by atoms with Crippen molar-refractivity contribution >= 4 is 11.6 Å². The summed E-state index contributed by atoms with van der Waals surface area (Å²) in [6.07, 6.45) is 5.80. The monoisotopic (exact) mass is 311 g/mol. The van der Waals surface area contributed by atoms with Gasteiger partial charge < -0.3 is 15.2 Å². The molecule has 2 N–H and O–H groups in total. The quantitative estimate of drug-likeness (QED) is 0.788. The Morgan fingerprint density at radius 2 is 2.10 bits per heavy atom. The molecular formula is C17H26ClNO2. The van der Waals surface area contributed by atoms with Crippen LogP contribution in [-0.4, -0.2) is 30.4 Å². The van der Waals surface area contributed by atoms with Gasteiger partial charge in [0, 0.05) is 12.6 Å². The minimum Gasteiger partial charge on any atom is -0.489 e.